The molecule has 1 aromatic heterocycles. The minimum atomic E-state index is -0.844. The number of imidazole rings is 1. The number of carboxylic acids is 1. The van der Waals surface area contributed by atoms with Gasteiger partial charge in [0.2, 0.25) is 5.91 Å². The number of carbonyl (C=O) groups excluding carboxylic acids is 1. The lowest BCUT2D eigenvalue weighted by molar-refractivity contribution is -0.252. The smallest absolute Gasteiger partial charge is 0.303 e. The molecule has 9 nitrogen and oxygen atoms in total. The van der Waals surface area contributed by atoms with Crippen LogP contribution in [0.2, 0.25) is 0 Å². The average Bonchev–Trinajstić information content (AvgIpc) is 3.51. The molecular weight excluding hydrogens is 594 g/mol. The molecule has 4 aromatic carbocycles. The molecule has 0 radical (unpaired) electrons. The monoisotopic (exact) mass is 633 g/mol. The predicted octanol–water partition coefficient (Wildman–Crippen LogP) is 6.70. The van der Waals surface area contributed by atoms with Crippen molar-refractivity contribution in [3.63, 3.8) is 0 Å². The van der Waals surface area contributed by atoms with Crippen LogP contribution in [0, 0.1) is 0 Å². The first kappa shape index (κ1) is 32.1. The molecule has 0 aliphatic carbocycles. The first-order valence-corrected chi connectivity index (χ1v) is 16.0. The lowest BCUT2D eigenvalue weighted by Crippen LogP contribution is -2.32. The van der Waals surface area contributed by atoms with Crippen LogP contribution in [0.3, 0.4) is 0 Å². The Kier molecular flexibility index (Phi) is 10.4. The van der Waals surface area contributed by atoms with E-state index in [1.165, 1.54) is 0 Å². The first-order chi connectivity index (χ1) is 23.0. The summed E-state index contributed by atoms with van der Waals surface area (Å²) in [7, 11) is 0. The van der Waals surface area contributed by atoms with Crippen LogP contribution in [0.25, 0.3) is 22.2 Å². The number of aromatic nitrogens is 2. The Morgan fingerprint density at radius 3 is 2.36 bits per heavy atom. The van der Waals surface area contributed by atoms with E-state index in [2.05, 4.69) is 20.9 Å². The highest BCUT2D eigenvalue weighted by Gasteiger charge is 2.32. The van der Waals surface area contributed by atoms with E-state index in [0.717, 1.165) is 44.4 Å². The van der Waals surface area contributed by atoms with Crippen LogP contribution < -0.4 is 5.32 Å². The lowest BCUT2D eigenvalue weighted by Gasteiger charge is -2.36. The summed E-state index contributed by atoms with van der Waals surface area (Å²) >= 11 is 0. The minimum Gasteiger partial charge on any atom is -0.481 e. The van der Waals surface area contributed by atoms with Crippen LogP contribution >= 0.6 is 0 Å². The van der Waals surface area contributed by atoms with Gasteiger partial charge in [-0.3, -0.25) is 9.59 Å². The van der Waals surface area contributed by atoms with Gasteiger partial charge in [0, 0.05) is 31.4 Å². The van der Waals surface area contributed by atoms with Crippen LogP contribution in [0.15, 0.2) is 103 Å². The quantitative estimate of drug-likeness (QED) is 0.123. The Balaban J connectivity index is 1.17. The molecule has 0 saturated carbocycles. The number of nitrogens with one attached hydrogen (secondary N) is 1. The largest absolute Gasteiger partial charge is 0.481 e. The Morgan fingerprint density at radius 2 is 1.57 bits per heavy atom. The van der Waals surface area contributed by atoms with Crippen molar-refractivity contribution in [3.8, 4) is 11.1 Å². The molecule has 1 aliphatic heterocycles. The Hall–Kier alpha value is -4.83. The van der Waals surface area contributed by atoms with E-state index < -0.39 is 12.3 Å². The number of hydrogen-bond acceptors (Lipinski definition) is 6. The van der Waals surface area contributed by atoms with Crippen molar-refractivity contribution >= 4 is 22.9 Å². The standard InChI is InChI=1S/C38H39N3O6/c42-24-26-13-15-28(16-14-26)35-21-31(23-41-25-40-33-9-3-4-10-34(33)41)46-38(47-35)29-19-17-27(18-20-29)32-8-2-1-7-30(32)22-39-36(43)11-5-6-12-37(44)45/h1-4,7-10,13-20,25,31,35,38,42H,5-6,11-12,21-24H2,(H,39,43)(H,44,45). The molecule has 3 atom stereocenters. The molecule has 9 heteroatoms. The number of ether oxygens (including phenoxy) is 2. The number of carboxylic acid groups (broad SMARTS) is 1. The van der Waals surface area contributed by atoms with Gasteiger partial charge in [-0.1, -0.05) is 84.9 Å². The van der Waals surface area contributed by atoms with Gasteiger partial charge in [-0.2, -0.15) is 0 Å². The number of amides is 1. The van der Waals surface area contributed by atoms with Crippen LogP contribution in [-0.2, 0) is 38.8 Å². The van der Waals surface area contributed by atoms with Gasteiger partial charge in [0.15, 0.2) is 6.29 Å². The highest BCUT2D eigenvalue weighted by molar-refractivity contribution is 5.77. The fraction of sp³-hybridized carbons (Fsp3) is 0.289. The fourth-order valence-corrected chi connectivity index (χ4v) is 6.03. The highest BCUT2D eigenvalue weighted by atomic mass is 16.7. The summed E-state index contributed by atoms with van der Waals surface area (Å²) in [6.45, 7) is 0.999. The SMILES string of the molecule is O=C(O)CCCCC(=O)NCc1ccccc1-c1ccc(C2OC(Cn3cnc4ccccc43)CC(c3ccc(CO)cc3)O2)cc1. The summed E-state index contributed by atoms with van der Waals surface area (Å²) in [5, 5.41) is 21.3. The number of para-hydroxylation sites is 2. The second-order valence-electron chi connectivity index (χ2n) is 11.9. The summed E-state index contributed by atoms with van der Waals surface area (Å²) in [5.41, 5.74) is 7.80. The van der Waals surface area contributed by atoms with E-state index >= 15 is 0 Å². The zero-order valence-electron chi connectivity index (χ0n) is 26.1. The maximum absolute atomic E-state index is 12.4. The van der Waals surface area contributed by atoms with E-state index in [-0.39, 0.29) is 31.1 Å². The molecule has 1 aliphatic rings. The third kappa shape index (κ3) is 8.13. The topological polar surface area (TPSA) is 123 Å². The van der Waals surface area contributed by atoms with Gasteiger partial charge in [0.1, 0.15) is 0 Å². The second kappa shape index (κ2) is 15.2. The number of unbranched alkanes of at least 4 members (excludes halogenated alkanes) is 1. The zero-order valence-corrected chi connectivity index (χ0v) is 26.1. The molecule has 1 fully saturated rings. The molecule has 3 unspecified atom stereocenters. The molecule has 5 aromatic rings. The number of fused-ring (bicyclic) bond motifs is 1. The summed E-state index contributed by atoms with van der Waals surface area (Å²) in [4.78, 5) is 27.7. The molecular formula is C38H39N3O6. The van der Waals surface area contributed by atoms with Crippen molar-refractivity contribution in [2.75, 3.05) is 0 Å². The normalized spacial score (nSPS) is 17.9. The molecule has 47 heavy (non-hydrogen) atoms. The van der Waals surface area contributed by atoms with Crippen molar-refractivity contribution in [3.05, 3.63) is 126 Å². The number of nitrogens with zero attached hydrogens (tertiary/aromatic N) is 2. The van der Waals surface area contributed by atoms with Crippen LogP contribution in [-0.4, -0.2) is 37.7 Å². The molecule has 1 amide bonds. The van der Waals surface area contributed by atoms with Crippen molar-refractivity contribution in [1.82, 2.24) is 14.9 Å². The highest BCUT2D eigenvalue weighted by Crippen LogP contribution is 2.39. The first-order valence-electron chi connectivity index (χ1n) is 16.0. The molecule has 0 bridgehead atoms. The fourth-order valence-electron chi connectivity index (χ4n) is 6.03. The van der Waals surface area contributed by atoms with E-state index in [1.54, 1.807) is 0 Å². The van der Waals surface area contributed by atoms with E-state index in [4.69, 9.17) is 14.6 Å². The molecule has 0 spiro atoms. The van der Waals surface area contributed by atoms with Gasteiger partial charge in [0.25, 0.3) is 0 Å². The third-order valence-electron chi connectivity index (χ3n) is 8.57. The molecule has 242 valence electrons. The summed E-state index contributed by atoms with van der Waals surface area (Å²) in [6, 6.07) is 32.1. The van der Waals surface area contributed by atoms with Gasteiger partial charge in [-0.05, 0) is 52.8 Å². The second-order valence-corrected chi connectivity index (χ2v) is 11.9. The number of hydrogen-bond donors (Lipinski definition) is 3. The van der Waals surface area contributed by atoms with Crippen molar-refractivity contribution in [1.29, 1.82) is 0 Å². The third-order valence-corrected chi connectivity index (χ3v) is 8.57. The molecule has 1 saturated heterocycles. The van der Waals surface area contributed by atoms with Gasteiger partial charge >= 0.3 is 5.97 Å². The Bertz CT molecular complexity index is 1800. The lowest BCUT2D eigenvalue weighted by atomic mass is 9.97. The van der Waals surface area contributed by atoms with Gasteiger partial charge in [-0.25, -0.2) is 4.98 Å². The Labute approximate surface area is 273 Å². The summed E-state index contributed by atoms with van der Waals surface area (Å²) in [5.74, 6) is -0.936. The average molecular weight is 634 g/mol. The van der Waals surface area contributed by atoms with Crippen LogP contribution in [0.5, 0.6) is 0 Å². The van der Waals surface area contributed by atoms with E-state index in [0.29, 0.717) is 38.8 Å². The number of aliphatic carboxylic acids is 1. The zero-order chi connectivity index (χ0) is 32.6. The van der Waals surface area contributed by atoms with Gasteiger partial charge < -0.3 is 29.6 Å². The number of rotatable bonds is 13. The van der Waals surface area contributed by atoms with Gasteiger partial charge in [0.05, 0.1) is 42.7 Å². The van der Waals surface area contributed by atoms with Gasteiger partial charge in [-0.15, -0.1) is 0 Å². The maximum atomic E-state index is 12.4. The molecule has 2 heterocycles. The number of benzene rings is 4. The van der Waals surface area contributed by atoms with Crippen molar-refractivity contribution < 1.29 is 29.3 Å². The van der Waals surface area contributed by atoms with E-state index in [9.17, 15) is 14.7 Å². The number of aliphatic hydroxyl groups excluding tert-OH is 1. The van der Waals surface area contributed by atoms with Crippen LogP contribution in [0.1, 0.15) is 66.8 Å². The van der Waals surface area contributed by atoms with Crippen molar-refractivity contribution in [2.45, 2.75) is 70.3 Å². The maximum Gasteiger partial charge on any atom is 0.303 e. The summed E-state index contributed by atoms with van der Waals surface area (Å²) < 4.78 is 15.3. The number of carbonyl (C=O) groups is 2. The predicted molar refractivity (Wildman–Crippen MR) is 178 cm³/mol. The number of aliphatic hydroxyl groups is 1. The molecule has 6 rings (SSSR count). The summed E-state index contributed by atoms with van der Waals surface area (Å²) in [6.07, 6.45) is 3.00. The van der Waals surface area contributed by atoms with Crippen molar-refractivity contribution in [2.24, 2.45) is 0 Å². The van der Waals surface area contributed by atoms with Crippen LogP contribution in [0.4, 0.5) is 0 Å². The van der Waals surface area contributed by atoms with E-state index in [1.807, 2.05) is 97.3 Å². The Morgan fingerprint density at radius 1 is 0.851 bits per heavy atom. The molecule has 3 N–H and O–H groups in total. The minimum absolute atomic E-state index is 0.00961.